The van der Waals surface area contributed by atoms with E-state index in [0.717, 1.165) is 18.1 Å². The number of aryl methyl sites for hydroxylation is 1. The molecule has 0 heterocycles. The second-order valence-corrected chi connectivity index (χ2v) is 7.40. The van der Waals surface area contributed by atoms with Gasteiger partial charge in [-0.3, -0.25) is 0 Å². The molecule has 0 saturated heterocycles. The van der Waals surface area contributed by atoms with Gasteiger partial charge in [-0.2, -0.15) is 0 Å². The summed E-state index contributed by atoms with van der Waals surface area (Å²) in [4.78, 5) is 0. The van der Waals surface area contributed by atoms with Crippen LogP contribution in [0.4, 0.5) is 0 Å². The van der Waals surface area contributed by atoms with Gasteiger partial charge in [-0.15, -0.1) is 0 Å². The van der Waals surface area contributed by atoms with E-state index in [0.29, 0.717) is 46.2 Å². The summed E-state index contributed by atoms with van der Waals surface area (Å²) >= 11 is 0. The molecule has 0 aliphatic carbocycles. The van der Waals surface area contributed by atoms with Crippen LogP contribution in [0.15, 0.2) is 24.3 Å². The Morgan fingerprint density at radius 3 is 1.89 bits per heavy atom. The summed E-state index contributed by atoms with van der Waals surface area (Å²) in [6.07, 6.45) is 7.79. The first-order chi connectivity index (χ1) is 13.7. The fourth-order valence-electron chi connectivity index (χ4n) is 2.81. The molecular formula is C23H40O5. The number of aliphatic hydroxyl groups excluding tert-OH is 1. The van der Waals surface area contributed by atoms with Crippen molar-refractivity contribution in [2.45, 2.75) is 52.4 Å². The molecule has 0 aliphatic heterocycles. The second-order valence-electron chi connectivity index (χ2n) is 7.40. The molecule has 1 aromatic carbocycles. The number of hydrogen-bond donors (Lipinski definition) is 1. The molecule has 1 rings (SSSR count). The number of rotatable bonds is 19. The third kappa shape index (κ3) is 14.9. The Kier molecular flexibility index (Phi) is 15.9. The van der Waals surface area contributed by atoms with Crippen LogP contribution >= 0.6 is 0 Å². The summed E-state index contributed by atoms with van der Waals surface area (Å²) in [6.45, 7) is 8.17. The predicted molar refractivity (Wildman–Crippen MR) is 113 cm³/mol. The number of ether oxygens (including phenoxy) is 4. The predicted octanol–water partition coefficient (Wildman–Crippen LogP) is 4.26. The van der Waals surface area contributed by atoms with Gasteiger partial charge in [0.1, 0.15) is 12.4 Å². The Bertz CT molecular complexity index is 447. The molecule has 0 saturated carbocycles. The van der Waals surface area contributed by atoms with Crippen molar-refractivity contribution < 1.29 is 24.1 Å². The van der Waals surface area contributed by atoms with Gasteiger partial charge in [-0.05, 0) is 36.5 Å². The minimum absolute atomic E-state index is 0.0460. The van der Waals surface area contributed by atoms with Crippen LogP contribution in [0.25, 0.3) is 0 Å². The van der Waals surface area contributed by atoms with E-state index >= 15 is 0 Å². The van der Waals surface area contributed by atoms with Gasteiger partial charge in [0.25, 0.3) is 0 Å². The third-order valence-corrected chi connectivity index (χ3v) is 4.40. The van der Waals surface area contributed by atoms with Gasteiger partial charge >= 0.3 is 0 Å². The maximum atomic E-state index is 8.56. The van der Waals surface area contributed by atoms with Gasteiger partial charge in [0, 0.05) is 0 Å². The third-order valence-electron chi connectivity index (χ3n) is 4.40. The van der Waals surface area contributed by atoms with E-state index in [1.807, 2.05) is 12.1 Å². The van der Waals surface area contributed by atoms with Gasteiger partial charge in [0.15, 0.2) is 0 Å². The summed E-state index contributed by atoms with van der Waals surface area (Å²) in [5, 5.41) is 8.56. The average Bonchev–Trinajstić information content (AvgIpc) is 2.69. The normalized spacial score (nSPS) is 11.3. The van der Waals surface area contributed by atoms with Crippen molar-refractivity contribution in [1.29, 1.82) is 0 Å². The first-order valence-electron chi connectivity index (χ1n) is 10.8. The second kappa shape index (κ2) is 17.9. The van der Waals surface area contributed by atoms with Crippen LogP contribution in [0, 0.1) is 5.92 Å². The lowest BCUT2D eigenvalue weighted by Gasteiger charge is -2.09. The van der Waals surface area contributed by atoms with Crippen molar-refractivity contribution in [3.8, 4) is 5.75 Å². The Labute approximate surface area is 171 Å². The van der Waals surface area contributed by atoms with Gasteiger partial charge in [0.2, 0.25) is 0 Å². The SMILES string of the molecule is CC(C)CCCCCCc1ccc(OCCOCCOCCOCCO)cc1. The van der Waals surface area contributed by atoms with Crippen molar-refractivity contribution >= 4 is 0 Å². The molecule has 0 atom stereocenters. The van der Waals surface area contributed by atoms with Crippen molar-refractivity contribution in [2.24, 2.45) is 5.92 Å². The van der Waals surface area contributed by atoms with Crippen LogP contribution in [0.1, 0.15) is 51.5 Å². The molecule has 162 valence electrons. The molecule has 1 N–H and O–H groups in total. The van der Waals surface area contributed by atoms with E-state index in [-0.39, 0.29) is 6.61 Å². The fourth-order valence-corrected chi connectivity index (χ4v) is 2.81. The lowest BCUT2D eigenvalue weighted by atomic mass is 10.0. The van der Waals surface area contributed by atoms with Gasteiger partial charge in [-0.1, -0.05) is 51.7 Å². The molecule has 0 unspecified atom stereocenters. The lowest BCUT2D eigenvalue weighted by Crippen LogP contribution is -2.13. The van der Waals surface area contributed by atoms with E-state index < -0.39 is 0 Å². The van der Waals surface area contributed by atoms with Crippen LogP contribution in [0.2, 0.25) is 0 Å². The van der Waals surface area contributed by atoms with Crippen LogP contribution in [-0.4, -0.2) is 58.0 Å². The molecule has 28 heavy (non-hydrogen) atoms. The first-order valence-corrected chi connectivity index (χ1v) is 10.8. The minimum atomic E-state index is 0.0460. The van der Waals surface area contributed by atoms with Crippen LogP contribution < -0.4 is 4.74 Å². The van der Waals surface area contributed by atoms with E-state index in [4.69, 9.17) is 24.1 Å². The fraction of sp³-hybridized carbons (Fsp3) is 0.739. The zero-order valence-corrected chi connectivity index (χ0v) is 17.9. The van der Waals surface area contributed by atoms with Crippen molar-refractivity contribution in [3.05, 3.63) is 29.8 Å². The summed E-state index contributed by atoms with van der Waals surface area (Å²) in [7, 11) is 0. The standard InChI is InChI=1S/C23H40O5/c1-21(2)7-5-3-4-6-8-22-9-11-23(12-10-22)28-20-19-27-18-17-26-16-15-25-14-13-24/h9-12,21,24H,3-8,13-20H2,1-2H3. The highest BCUT2D eigenvalue weighted by atomic mass is 16.6. The molecule has 0 fully saturated rings. The highest BCUT2D eigenvalue weighted by Gasteiger charge is 1.99. The van der Waals surface area contributed by atoms with Crippen molar-refractivity contribution in [2.75, 3.05) is 52.9 Å². The summed E-state index contributed by atoms with van der Waals surface area (Å²) < 4.78 is 21.6. The number of benzene rings is 1. The number of aliphatic hydroxyl groups is 1. The molecule has 5 heteroatoms. The van der Waals surface area contributed by atoms with Crippen LogP contribution in [0.3, 0.4) is 0 Å². The van der Waals surface area contributed by atoms with Gasteiger partial charge in [-0.25, -0.2) is 0 Å². The Morgan fingerprint density at radius 1 is 0.714 bits per heavy atom. The van der Waals surface area contributed by atoms with Crippen molar-refractivity contribution in [3.63, 3.8) is 0 Å². The highest BCUT2D eigenvalue weighted by molar-refractivity contribution is 5.27. The van der Waals surface area contributed by atoms with Crippen LogP contribution in [-0.2, 0) is 20.6 Å². The maximum absolute atomic E-state index is 8.56. The molecular weight excluding hydrogens is 356 g/mol. The minimum Gasteiger partial charge on any atom is -0.491 e. The van der Waals surface area contributed by atoms with Gasteiger partial charge < -0.3 is 24.1 Å². The molecule has 1 aromatic rings. The Balaban J connectivity index is 1.94. The van der Waals surface area contributed by atoms with Crippen molar-refractivity contribution in [1.82, 2.24) is 0 Å². The van der Waals surface area contributed by atoms with E-state index in [1.54, 1.807) is 0 Å². The summed E-state index contributed by atoms with van der Waals surface area (Å²) in [5.74, 6) is 1.72. The Hall–Kier alpha value is -1.14. The molecule has 0 aliphatic rings. The molecule has 0 amide bonds. The highest BCUT2D eigenvalue weighted by Crippen LogP contribution is 2.15. The lowest BCUT2D eigenvalue weighted by molar-refractivity contribution is 0.00361. The molecule has 0 radical (unpaired) electrons. The average molecular weight is 397 g/mol. The van der Waals surface area contributed by atoms with E-state index in [2.05, 4.69) is 26.0 Å². The summed E-state index contributed by atoms with van der Waals surface area (Å²) in [5.41, 5.74) is 1.38. The Morgan fingerprint density at radius 2 is 1.29 bits per heavy atom. The topological polar surface area (TPSA) is 57.2 Å². The largest absolute Gasteiger partial charge is 0.491 e. The zero-order valence-electron chi connectivity index (χ0n) is 17.9. The maximum Gasteiger partial charge on any atom is 0.119 e. The number of unbranched alkanes of at least 4 members (excludes halogenated alkanes) is 3. The summed E-state index contributed by atoms with van der Waals surface area (Å²) in [6, 6.07) is 8.42. The molecule has 0 spiro atoms. The molecule has 5 nitrogen and oxygen atoms in total. The smallest absolute Gasteiger partial charge is 0.119 e. The molecule has 0 bridgehead atoms. The van der Waals surface area contributed by atoms with Crippen LogP contribution in [0.5, 0.6) is 5.75 Å². The van der Waals surface area contributed by atoms with E-state index in [1.165, 1.54) is 37.7 Å². The first kappa shape index (κ1) is 24.9. The van der Waals surface area contributed by atoms with E-state index in [9.17, 15) is 0 Å². The van der Waals surface area contributed by atoms with Gasteiger partial charge in [0.05, 0.1) is 46.2 Å². The number of hydrogen-bond acceptors (Lipinski definition) is 5. The zero-order chi connectivity index (χ0) is 20.3. The quantitative estimate of drug-likeness (QED) is 0.354. The molecule has 0 aromatic heterocycles. The monoisotopic (exact) mass is 396 g/mol.